The Morgan fingerprint density at radius 1 is 1.17 bits per heavy atom. The third-order valence-corrected chi connectivity index (χ3v) is 5.26. The smallest absolute Gasteiger partial charge is 0.231 e. The van der Waals surface area contributed by atoms with Gasteiger partial charge in [0.25, 0.3) is 0 Å². The average Bonchev–Trinajstić information content (AvgIpc) is 3.16. The standard InChI is InChI=1S/C22H19BrN4O3/c23-17-3-1-4-18(12-17)27-13-16(11-20(27)28)22(29)26-21-19(5-2-8-25-21)30-14-15-6-9-24-10-7-15/h1-10,12,16H,11,13-14H2,(H,25,26,29). The highest BCUT2D eigenvalue weighted by molar-refractivity contribution is 9.10. The molecule has 1 aliphatic rings. The van der Waals surface area contributed by atoms with Crippen molar-refractivity contribution in [2.75, 3.05) is 16.8 Å². The molecule has 0 aliphatic carbocycles. The van der Waals surface area contributed by atoms with Crippen LogP contribution in [0, 0.1) is 5.92 Å². The molecule has 1 N–H and O–H groups in total. The summed E-state index contributed by atoms with van der Waals surface area (Å²) in [5, 5.41) is 2.82. The molecule has 0 saturated carbocycles. The van der Waals surface area contributed by atoms with Gasteiger partial charge in [0.05, 0.1) is 5.92 Å². The van der Waals surface area contributed by atoms with Crippen LogP contribution in [0.15, 0.2) is 71.6 Å². The molecule has 3 aromatic rings. The van der Waals surface area contributed by atoms with Gasteiger partial charge in [0.1, 0.15) is 6.61 Å². The lowest BCUT2D eigenvalue weighted by molar-refractivity contribution is -0.122. The maximum atomic E-state index is 12.8. The number of carbonyl (C=O) groups is 2. The highest BCUT2D eigenvalue weighted by Gasteiger charge is 2.35. The van der Waals surface area contributed by atoms with Gasteiger partial charge in [0, 0.05) is 41.7 Å². The van der Waals surface area contributed by atoms with Crippen LogP contribution in [0.3, 0.4) is 0 Å². The fourth-order valence-electron chi connectivity index (χ4n) is 3.24. The lowest BCUT2D eigenvalue weighted by atomic mass is 10.1. The zero-order valence-electron chi connectivity index (χ0n) is 16.0. The Kier molecular flexibility index (Phi) is 6.04. The highest BCUT2D eigenvalue weighted by atomic mass is 79.9. The molecule has 8 heteroatoms. The van der Waals surface area contributed by atoms with Gasteiger partial charge in [-0.2, -0.15) is 0 Å². The summed E-state index contributed by atoms with van der Waals surface area (Å²) in [6.07, 6.45) is 5.12. The van der Waals surface area contributed by atoms with E-state index in [0.29, 0.717) is 24.7 Å². The molecule has 30 heavy (non-hydrogen) atoms. The van der Waals surface area contributed by atoms with Crippen molar-refractivity contribution in [2.24, 2.45) is 5.92 Å². The Bertz CT molecular complexity index is 1060. The summed E-state index contributed by atoms with van der Waals surface area (Å²) in [5.74, 6) is 0.00372. The van der Waals surface area contributed by atoms with Crippen molar-refractivity contribution in [3.63, 3.8) is 0 Å². The minimum absolute atomic E-state index is 0.0802. The maximum absolute atomic E-state index is 12.8. The number of benzene rings is 1. The molecule has 1 unspecified atom stereocenters. The van der Waals surface area contributed by atoms with Crippen LogP contribution >= 0.6 is 15.9 Å². The van der Waals surface area contributed by atoms with Crippen LogP contribution in [0.4, 0.5) is 11.5 Å². The first-order valence-electron chi connectivity index (χ1n) is 9.43. The molecule has 0 spiro atoms. The molecule has 2 amide bonds. The molecule has 0 bridgehead atoms. The summed E-state index contributed by atoms with van der Waals surface area (Å²) >= 11 is 3.41. The quantitative estimate of drug-likeness (QED) is 0.596. The van der Waals surface area contributed by atoms with Gasteiger partial charge in [-0.05, 0) is 48.0 Å². The van der Waals surface area contributed by atoms with Crippen LogP contribution < -0.4 is 15.0 Å². The van der Waals surface area contributed by atoms with E-state index >= 15 is 0 Å². The molecule has 1 atom stereocenters. The number of ether oxygens (including phenoxy) is 1. The summed E-state index contributed by atoms with van der Waals surface area (Å²) < 4.78 is 6.70. The molecule has 1 aromatic carbocycles. The van der Waals surface area contributed by atoms with E-state index in [9.17, 15) is 9.59 Å². The second-order valence-corrected chi connectivity index (χ2v) is 7.78. The van der Waals surface area contributed by atoms with Crippen molar-refractivity contribution >= 4 is 39.2 Å². The number of hydrogen-bond donors (Lipinski definition) is 1. The minimum Gasteiger partial charge on any atom is -0.485 e. The lowest BCUT2D eigenvalue weighted by Gasteiger charge is -2.17. The van der Waals surface area contributed by atoms with Crippen molar-refractivity contribution in [1.82, 2.24) is 9.97 Å². The van der Waals surface area contributed by atoms with E-state index in [4.69, 9.17) is 4.74 Å². The van der Waals surface area contributed by atoms with Gasteiger partial charge in [-0.3, -0.25) is 14.6 Å². The summed E-state index contributed by atoms with van der Waals surface area (Å²) in [7, 11) is 0. The number of halogens is 1. The SMILES string of the molecule is O=C(Nc1ncccc1OCc1ccncc1)C1CC(=O)N(c2cccc(Br)c2)C1. The van der Waals surface area contributed by atoms with Gasteiger partial charge in [-0.15, -0.1) is 0 Å². The molecule has 2 aromatic heterocycles. The Labute approximate surface area is 182 Å². The number of nitrogens with zero attached hydrogens (tertiary/aromatic N) is 3. The van der Waals surface area contributed by atoms with Crippen LogP contribution in [0.2, 0.25) is 0 Å². The van der Waals surface area contributed by atoms with E-state index < -0.39 is 5.92 Å². The summed E-state index contributed by atoms with van der Waals surface area (Å²) in [5.41, 5.74) is 1.72. The number of nitrogens with one attached hydrogen (secondary N) is 1. The number of amides is 2. The largest absolute Gasteiger partial charge is 0.485 e. The molecule has 1 aliphatic heterocycles. The monoisotopic (exact) mass is 466 g/mol. The van der Waals surface area contributed by atoms with E-state index in [1.165, 1.54) is 0 Å². The van der Waals surface area contributed by atoms with Gasteiger partial charge in [0.15, 0.2) is 11.6 Å². The number of pyridine rings is 2. The molecule has 152 valence electrons. The van der Waals surface area contributed by atoms with E-state index in [0.717, 1.165) is 15.7 Å². The highest BCUT2D eigenvalue weighted by Crippen LogP contribution is 2.29. The topological polar surface area (TPSA) is 84.4 Å². The van der Waals surface area contributed by atoms with Crippen molar-refractivity contribution < 1.29 is 14.3 Å². The second-order valence-electron chi connectivity index (χ2n) is 6.87. The van der Waals surface area contributed by atoms with Gasteiger partial charge >= 0.3 is 0 Å². The molecule has 4 rings (SSSR count). The number of hydrogen-bond acceptors (Lipinski definition) is 5. The number of aromatic nitrogens is 2. The average molecular weight is 467 g/mol. The Morgan fingerprint density at radius 2 is 2.00 bits per heavy atom. The first-order chi connectivity index (χ1) is 14.6. The van der Waals surface area contributed by atoms with Crippen molar-refractivity contribution in [3.05, 3.63) is 77.2 Å². The first-order valence-corrected chi connectivity index (χ1v) is 10.2. The fraction of sp³-hybridized carbons (Fsp3) is 0.182. The fourth-order valence-corrected chi connectivity index (χ4v) is 3.62. The summed E-state index contributed by atoms with van der Waals surface area (Å²) in [6, 6.07) is 14.7. The van der Waals surface area contributed by atoms with Gasteiger partial charge in [-0.25, -0.2) is 4.98 Å². The zero-order valence-corrected chi connectivity index (χ0v) is 17.6. The number of anilines is 2. The van der Waals surface area contributed by atoms with Crippen molar-refractivity contribution in [3.8, 4) is 5.75 Å². The molecule has 7 nitrogen and oxygen atoms in total. The Morgan fingerprint density at radius 3 is 2.80 bits per heavy atom. The van der Waals surface area contributed by atoms with E-state index in [1.807, 2.05) is 36.4 Å². The van der Waals surface area contributed by atoms with E-state index in [1.54, 1.807) is 35.6 Å². The first kappa shape index (κ1) is 20.0. The van der Waals surface area contributed by atoms with Gasteiger partial charge in [0.2, 0.25) is 11.8 Å². The van der Waals surface area contributed by atoms with Crippen LogP contribution in [0.5, 0.6) is 5.75 Å². The summed E-state index contributed by atoms with van der Waals surface area (Å²) in [6.45, 7) is 0.650. The van der Waals surface area contributed by atoms with Crippen LogP contribution in [-0.2, 0) is 16.2 Å². The van der Waals surface area contributed by atoms with Crippen LogP contribution in [0.25, 0.3) is 0 Å². The van der Waals surface area contributed by atoms with Gasteiger partial charge < -0.3 is 15.0 Å². The number of rotatable bonds is 6. The van der Waals surface area contributed by atoms with Crippen LogP contribution in [0.1, 0.15) is 12.0 Å². The van der Waals surface area contributed by atoms with Crippen LogP contribution in [-0.4, -0.2) is 28.3 Å². The number of carbonyl (C=O) groups excluding carboxylic acids is 2. The third kappa shape index (κ3) is 4.65. The van der Waals surface area contributed by atoms with E-state index in [-0.39, 0.29) is 18.2 Å². The van der Waals surface area contributed by atoms with Gasteiger partial charge in [-0.1, -0.05) is 22.0 Å². The Hall–Kier alpha value is -3.26. The molecular weight excluding hydrogens is 448 g/mol. The molecule has 0 radical (unpaired) electrons. The molecule has 1 fully saturated rings. The zero-order chi connectivity index (χ0) is 20.9. The lowest BCUT2D eigenvalue weighted by Crippen LogP contribution is -2.28. The normalized spacial score (nSPS) is 15.8. The molecule has 3 heterocycles. The third-order valence-electron chi connectivity index (χ3n) is 4.77. The van der Waals surface area contributed by atoms with Crippen molar-refractivity contribution in [2.45, 2.75) is 13.0 Å². The maximum Gasteiger partial charge on any atom is 0.231 e. The van der Waals surface area contributed by atoms with Crippen molar-refractivity contribution in [1.29, 1.82) is 0 Å². The predicted octanol–water partition coefficient (Wildman–Crippen LogP) is 3.81. The summed E-state index contributed by atoms with van der Waals surface area (Å²) in [4.78, 5) is 35.1. The Balaban J connectivity index is 1.42. The predicted molar refractivity (Wildman–Crippen MR) is 116 cm³/mol. The van der Waals surface area contributed by atoms with E-state index in [2.05, 4.69) is 31.2 Å². The molecular formula is C22H19BrN4O3. The molecule has 1 saturated heterocycles. The minimum atomic E-state index is -0.466. The second kappa shape index (κ2) is 9.04.